The van der Waals surface area contributed by atoms with Crippen LogP contribution in [0.5, 0.6) is 11.5 Å². The molecule has 0 saturated carbocycles. The van der Waals surface area contributed by atoms with Gasteiger partial charge in [0.1, 0.15) is 17.5 Å². The number of hydrogen-bond acceptors (Lipinski definition) is 3. The third-order valence-electron chi connectivity index (χ3n) is 3.27. The number of halogens is 2. The highest BCUT2D eigenvalue weighted by molar-refractivity contribution is 14.1. The van der Waals surface area contributed by atoms with Crippen LogP contribution in [0.25, 0.3) is 0 Å². The minimum atomic E-state index is -0.371. The quantitative estimate of drug-likeness (QED) is 0.748. The van der Waals surface area contributed by atoms with E-state index >= 15 is 0 Å². The molecule has 108 valence electrons. The number of hydrogen-bond donors (Lipinski definition) is 2. The lowest BCUT2D eigenvalue weighted by molar-refractivity contribution is -0.117. The minimum Gasteiger partial charge on any atom is -0.456 e. The highest BCUT2D eigenvalue weighted by Gasteiger charge is 2.30. The second kappa shape index (κ2) is 5.82. The number of carbonyl (C=O) groups excluding carboxylic acids is 1. The molecule has 1 unspecified atom stereocenters. The van der Waals surface area contributed by atoms with E-state index in [0.717, 1.165) is 14.8 Å². The Bertz CT molecular complexity index is 704. The Morgan fingerprint density at radius 1 is 1.29 bits per heavy atom. The lowest BCUT2D eigenvalue weighted by atomic mass is 10.1. The number of nitrogens with one attached hydrogen (secondary N) is 2. The van der Waals surface area contributed by atoms with E-state index in [1.54, 1.807) is 19.2 Å². The van der Waals surface area contributed by atoms with Crippen molar-refractivity contribution in [1.29, 1.82) is 0 Å². The van der Waals surface area contributed by atoms with Gasteiger partial charge in [0.15, 0.2) is 0 Å². The number of amides is 1. The van der Waals surface area contributed by atoms with Crippen LogP contribution in [0.1, 0.15) is 11.6 Å². The fraction of sp³-hybridized carbons (Fsp3) is 0.133. The van der Waals surface area contributed by atoms with Crippen LogP contribution in [0, 0.1) is 3.57 Å². The molecular weight excluding hydrogens is 403 g/mol. The fourth-order valence-electron chi connectivity index (χ4n) is 2.26. The average Bonchev–Trinajstić information content (AvgIpc) is 2.76. The number of carbonyl (C=O) groups is 1. The third kappa shape index (κ3) is 2.86. The van der Waals surface area contributed by atoms with Crippen molar-refractivity contribution in [1.82, 2.24) is 5.32 Å². The maximum Gasteiger partial charge on any atom is 0.246 e. The first-order valence-electron chi connectivity index (χ1n) is 6.33. The van der Waals surface area contributed by atoms with Crippen LogP contribution >= 0.6 is 34.2 Å². The van der Waals surface area contributed by atoms with Gasteiger partial charge in [0, 0.05) is 20.9 Å². The van der Waals surface area contributed by atoms with E-state index in [-0.39, 0.29) is 11.9 Å². The Morgan fingerprint density at radius 2 is 2.00 bits per heavy atom. The third-order valence-corrected chi connectivity index (χ3v) is 4.28. The molecule has 0 radical (unpaired) electrons. The molecule has 0 fully saturated rings. The first kappa shape index (κ1) is 14.6. The molecule has 0 spiro atoms. The number of rotatable bonds is 3. The van der Waals surface area contributed by atoms with Gasteiger partial charge in [-0.15, -0.1) is 0 Å². The number of fused-ring (bicyclic) bond motifs is 1. The van der Waals surface area contributed by atoms with Crippen LogP contribution in [0.2, 0.25) is 5.02 Å². The molecule has 2 aromatic rings. The highest BCUT2D eigenvalue weighted by atomic mass is 127. The average molecular weight is 415 g/mol. The SMILES string of the molecule is CNC1C(=O)Nc2cc(Oc3ccc(I)cc3)c(Cl)cc21. The van der Waals surface area contributed by atoms with Gasteiger partial charge < -0.3 is 15.4 Å². The molecule has 1 atom stereocenters. The van der Waals surface area contributed by atoms with Gasteiger partial charge in [0.25, 0.3) is 0 Å². The van der Waals surface area contributed by atoms with E-state index in [0.29, 0.717) is 16.5 Å². The zero-order valence-electron chi connectivity index (χ0n) is 11.1. The molecular formula is C15H12ClIN2O2. The van der Waals surface area contributed by atoms with Crippen molar-refractivity contribution in [3.05, 3.63) is 50.6 Å². The van der Waals surface area contributed by atoms with E-state index < -0.39 is 0 Å². The van der Waals surface area contributed by atoms with Crippen molar-refractivity contribution in [3.8, 4) is 11.5 Å². The van der Waals surface area contributed by atoms with Gasteiger partial charge in [0.2, 0.25) is 5.91 Å². The van der Waals surface area contributed by atoms with Crippen molar-refractivity contribution >= 4 is 45.8 Å². The zero-order chi connectivity index (χ0) is 15.0. The standard InChI is InChI=1S/C15H12ClIN2O2/c1-18-14-10-6-11(16)13(7-12(10)19-15(14)20)21-9-4-2-8(17)3-5-9/h2-7,14,18H,1H3,(H,19,20). The van der Waals surface area contributed by atoms with Crippen LogP contribution in [0.15, 0.2) is 36.4 Å². The molecule has 1 amide bonds. The first-order valence-corrected chi connectivity index (χ1v) is 7.79. The molecule has 0 aliphatic carbocycles. The molecule has 1 aliphatic rings. The molecule has 4 nitrogen and oxygen atoms in total. The summed E-state index contributed by atoms with van der Waals surface area (Å²) in [7, 11) is 1.74. The van der Waals surface area contributed by atoms with E-state index in [2.05, 4.69) is 33.2 Å². The van der Waals surface area contributed by atoms with Crippen LogP contribution in [-0.2, 0) is 4.79 Å². The van der Waals surface area contributed by atoms with Gasteiger partial charge in [0.05, 0.1) is 5.02 Å². The molecule has 0 bridgehead atoms. The smallest absolute Gasteiger partial charge is 0.246 e. The summed E-state index contributed by atoms with van der Waals surface area (Å²) in [6.45, 7) is 0. The Hall–Kier alpha value is -1.31. The Morgan fingerprint density at radius 3 is 2.67 bits per heavy atom. The fourth-order valence-corrected chi connectivity index (χ4v) is 2.83. The van der Waals surface area contributed by atoms with Gasteiger partial charge in [-0.05, 0) is 60.0 Å². The summed E-state index contributed by atoms with van der Waals surface area (Å²) in [5.41, 5.74) is 1.56. The van der Waals surface area contributed by atoms with Crippen LogP contribution in [0.4, 0.5) is 5.69 Å². The van der Waals surface area contributed by atoms with Crippen LogP contribution in [0.3, 0.4) is 0 Å². The van der Waals surface area contributed by atoms with Crippen LogP contribution < -0.4 is 15.4 Å². The van der Waals surface area contributed by atoms with Crippen molar-refractivity contribution in [2.24, 2.45) is 0 Å². The maximum atomic E-state index is 11.8. The molecule has 2 N–H and O–H groups in total. The van der Waals surface area contributed by atoms with Gasteiger partial charge in [-0.3, -0.25) is 4.79 Å². The largest absolute Gasteiger partial charge is 0.456 e. The van der Waals surface area contributed by atoms with E-state index in [1.165, 1.54) is 0 Å². The van der Waals surface area contributed by atoms with Gasteiger partial charge in [-0.2, -0.15) is 0 Å². The summed E-state index contributed by atoms with van der Waals surface area (Å²) in [5.74, 6) is 1.13. The highest BCUT2D eigenvalue weighted by Crippen LogP contribution is 2.40. The van der Waals surface area contributed by atoms with Crippen molar-refractivity contribution in [2.45, 2.75) is 6.04 Å². The molecule has 0 saturated heterocycles. The normalized spacial score (nSPS) is 16.5. The number of benzene rings is 2. The number of anilines is 1. The number of likely N-dealkylation sites (N-methyl/N-ethyl adjacent to an activating group) is 1. The molecule has 0 aromatic heterocycles. The van der Waals surface area contributed by atoms with Gasteiger partial charge >= 0.3 is 0 Å². The molecule has 21 heavy (non-hydrogen) atoms. The zero-order valence-corrected chi connectivity index (χ0v) is 14.0. The van der Waals surface area contributed by atoms with Gasteiger partial charge in [-0.25, -0.2) is 0 Å². The predicted octanol–water partition coefficient (Wildman–Crippen LogP) is 3.95. The maximum absolute atomic E-state index is 11.8. The second-order valence-electron chi connectivity index (χ2n) is 4.64. The summed E-state index contributed by atoms with van der Waals surface area (Å²) < 4.78 is 6.92. The Kier molecular flexibility index (Phi) is 4.05. The topological polar surface area (TPSA) is 50.4 Å². The van der Waals surface area contributed by atoms with Crippen molar-refractivity contribution < 1.29 is 9.53 Å². The van der Waals surface area contributed by atoms with Gasteiger partial charge in [-0.1, -0.05) is 11.6 Å². The molecule has 2 aromatic carbocycles. The molecule has 1 heterocycles. The summed E-state index contributed by atoms with van der Waals surface area (Å²) in [4.78, 5) is 11.8. The van der Waals surface area contributed by atoms with Crippen molar-refractivity contribution in [3.63, 3.8) is 0 Å². The molecule has 1 aliphatic heterocycles. The number of ether oxygens (including phenoxy) is 1. The first-order chi connectivity index (χ1) is 10.1. The summed E-state index contributed by atoms with van der Waals surface area (Å²) >= 11 is 8.50. The summed E-state index contributed by atoms with van der Waals surface area (Å²) in [6, 6.07) is 10.8. The minimum absolute atomic E-state index is 0.0880. The second-order valence-corrected chi connectivity index (χ2v) is 6.29. The Balaban J connectivity index is 1.93. The summed E-state index contributed by atoms with van der Waals surface area (Å²) in [6.07, 6.45) is 0. The van der Waals surface area contributed by atoms with E-state index in [9.17, 15) is 4.79 Å². The van der Waals surface area contributed by atoms with E-state index in [4.69, 9.17) is 16.3 Å². The van der Waals surface area contributed by atoms with Crippen molar-refractivity contribution in [2.75, 3.05) is 12.4 Å². The molecule has 3 rings (SSSR count). The Labute approximate surface area is 141 Å². The lowest BCUT2D eigenvalue weighted by Gasteiger charge is -2.11. The predicted molar refractivity (Wildman–Crippen MR) is 91.1 cm³/mol. The molecule has 6 heteroatoms. The lowest BCUT2D eigenvalue weighted by Crippen LogP contribution is -2.23. The van der Waals surface area contributed by atoms with E-state index in [1.807, 2.05) is 24.3 Å². The monoisotopic (exact) mass is 414 g/mol. The summed E-state index contributed by atoms with van der Waals surface area (Å²) in [5, 5.41) is 6.26. The van der Waals surface area contributed by atoms with Crippen LogP contribution in [-0.4, -0.2) is 13.0 Å².